The van der Waals surface area contributed by atoms with Crippen LogP contribution in [0, 0.1) is 0 Å². The van der Waals surface area contributed by atoms with Crippen LogP contribution in [0.2, 0.25) is 0 Å². The molecule has 10 heteroatoms. The maximum Gasteiger partial charge on any atom is 0.280 e. The maximum atomic E-state index is 11.4. The van der Waals surface area contributed by atoms with E-state index in [9.17, 15) is 4.79 Å². The molecule has 0 amide bonds. The summed E-state index contributed by atoms with van der Waals surface area (Å²) in [6, 6.07) is 0. The van der Waals surface area contributed by atoms with Gasteiger partial charge in [0, 0.05) is 0 Å². The van der Waals surface area contributed by atoms with Crippen molar-refractivity contribution >= 4 is 17.1 Å². The number of rotatable bonds is 4. The molecule has 2 heterocycles. The highest BCUT2D eigenvalue weighted by molar-refractivity contribution is 5.70. The number of imidazole rings is 1. The van der Waals surface area contributed by atoms with E-state index in [0.29, 0.717) is 5.65 Å². The minimum Gasteiger partial charge on any atom is -0.412 e. The van der Waals surface area contributed by atoms with Gasteiger partial charge in [0.2, 0.25) is 5.95 Å². The Hall–Kier alpha value is -2.01. The lowest BCUT2D eigenvalue weighted by molar-refractivity contribution is 0.0499. The normalized spacial score (nSPS) is 9.83. The van der Waals surface area contributed by atoms with Gasteiger partial charge < -0.3 is 26.5 Å². The zero-order valence-corrected chi connectivity index (χ0v) is 9.38. The number of nitrogens with two attached hydrogens (primary N) is 1. The zero-order valence-electron chi connectivity index (χ0n) is 9.38. The van der Waals surface area contributed by atoms with Crippen molar-refractivity contribution in [1.82, 2.24) is 19.5 Å². The molecule has 0 atom stereocenters. The van der Waals surface area contributed by atoms with Crippen LogP contribution in [0.15, 0.2) is 11.1 Å². The molecule has 2 aromatic rings. The topological polar surface area (TPSA) is 182 Å². The fraction of sp³-hybridized carbons (Fsp3) is 0.375. The van der Waals surface area contributed by atoms with E-state index in [2.05, 4.69) is 15.0 Å². The lowest BCUT2D eigenvalue weighted by Crippen LogP contribution is -2.13. The Kier molecular flexibility index (Phi) is 5.92. The third-order valence-corrected chi connectivity index (χ3v) is 1.96. The number of hydrogen-bond donors (Lipinski definition) is 3. The maximum absolute atomic E-state index is 11.4. The van der Waals surface area contributed by atoms with Gasteiger partial charge in [0.15, 0.2) is 11.2 Å². The van der Waals surface area contributed by atoms with Gasteiger partial charge in [0.05, 0.1) is 19.5 Å². The second-order valence-corrected chi connectivity index (χ2v) is 3.10. The van der Waals surface area contributed by atoms with Crippen molar-refractivity contribution in [2.24, 2.45) is 0 Å². The molecule has 0 aliphatic rings. The van der Waals surface area contributed by atoms with Gasteiger partial charge in [0.1, 0.15) is 6.73 Å². The van der Waals surface area contributed by atoms with Gasteiger partial charge in [-0.3, -0.25) is 14.3 Å². The van der Waals surface area contributed by atoms with Crippen LogP contribution >= 0.6 is 0 Å². The van der Waals surface area contributed by atoms with E-state index in [1.165, 1.54) is 10.9 Å². The summed E-state index contributed by atoms with van der Waals surface area (Å²) in [5, 5.41) is 8.56. The SMILES string of the molecule is Nc1nc2c(ncn2COCCO)c(=O)[nH]1.O.O. The first-order valence-electron chi connectivity index (χ1n) is 4.61. The van der Waals surface area contributed by atoms with Crippen LogP contribution in [0.4, 0.5) is 5.95 Å². The van der Waals surface area contributed by atoms with Crippen molar-refractivity contribution in [1.29, 1.82) is 0 Å². The Morgan fingerprint density at radius 1 is 1.50 bits per heavy atom. The predicted octanol–water partition coefficient (Wildman–Crippen LogP) is -2.98. The average molecular weight is 261 g/mol. The fourth-order valence-electron chi connectivity index (χ4n) is 1.29. The van der Waals surface area contributed by atoms with Crippen LogP contribution in [0.1, 0.15) is 0 Å². The third-order valence-electron chi connectivity index (χ3n) is 1.96. The molecule has 2 aromatic heterocycles. The summed E-state index contributed by atoms with van der Waals surface area (Å²) in [6.07, 6.45) is 1.43. The second kappa shape index (κ2) is 6.66. The highest BCUT2D eigenvalue weighted by Crippen LogP contribution is 2.05. The molecule has 102 valence electrons. The Morgan fingerprint density at radius 3 is 2.89 bits per heavy atom. The Bertz CT molecular complexity index is 550. The van der Waals surface area contributed by atoms with Crippen molar-refractivity contribution in [2.75, 3.05) is 18.9 Å². The number of H-pyrrole nitrogens is 1. The molecule has 0 aliphatic heterocycles. The van der Waals surface area contributed by atoms with Crippen molar-refractivity contribution in [3.63, 3.8) is 0 Å². The summed E-state index contributed by atoms with van der Waals surface area (Å²) in [7, 11) is 0. The minimum atomic E-state index is -0.386. The smallest absolute Gasteiger partial charge is 0.280 e. The van der Waals surface area contributed by atoms with Crippen LogP contribution < -0.4 is 11.3 Å². The number of anilines is 1. The zero-order chi connectivity index (χ0) is 11.5. The van der Waals surface area contributed by atoms with E-state index in [1.807, 2.05) is 0 Å². The average Bonchev–Trinajstić information content (AvgIpc) is 2.62. The largest absolute Gasteiger partial charge is 0.412 e. The van der Waals surface area contributed by atoms with E-state index >= 15 is 0 Å². The number of ether oxygens (including phenoxy) is 1. The van der Waals surface area contributed by atoms with Gasteiger partial charge in [-0.2, -0.15) is 4.98 Å². The lowest BCUT2D eigenvalue weighted by atomic mass is 10.5. The summed E-state index contributed by atoms with van der Waals surface area (Å²) >= 11 is 0. The van der Waals surface area contributed by atoms with Crippen LogP contribution in [0.5, 0.6) is 0 Å². The summed E-state index contributed by atoms with van der Waals surface area (Å²) in [5.74, 6) is 0.0291. The number of nitrogen functional groups attached to an aromatic ring is 1. The van der Waals surface area contributed by atoms with Gasteiger partial charge in [-0.15, -0.1) is 0 Å². The summed E-state index contributed by atoms with van der Waals surface area (Å²) in [4.78, 5) is 21.6. The van der Waals surface area contributed by atoms with Crippen molar-refractivity contribution < 1.29 is 20.8 Å². The number of nitrogens with zero attached hydrogens (tertiary/aromatic N) is 3. The Balaban J connectivity index is 0.00000144. The molecule has 0 saturated carbocycles. The molecule has 18 heavy (non-hydrogen) atoms. The van der Waals surface area contributed by atoms with Gasteiger partial charge in [-0.05, 0) is 0 Å². The number of aliphatic hydroxyl groups excluding tert-OH is 1. The van der Waals surface area contributed by atoms with Crippen LogP contribution in [-0.4, -0.2) is 48.8 Å². The van der Waals surface area contributed by atoms with E-state index in [-0.39, 0.29) is 47.9 Å². The molecule has 0 saturated heterocycles. The quantitative estimate of drug-likeness (QED) is 0.493. The Morgan fingerprint density at radius 2 is 2.22 bits per heavy atom. The van der Waals surface area contributed by atoms with Crippen molar-refractivity contribution in [3.8, 4) is 0 Å². The van der Waals surface area contributed by atoms with E-state index in [4.69, 9.17) is 15.6 Å². The molecular weight excluding hydrogens is 246 g/mol. The summed E-state index contributed by atoms with van der Waals surface area (Å²) < 4.78 is 6.63. The monoisotopic (exact) mass is 261 g/mol. The molecule has 0 radical (unpaired) electrons. The summed E-state index contributed by atoms with van der Waals surface area (Å²) in [5.41, 5.74) is 5.60. The van der Waals surface area contributed by atoms with Gasteiger partial charge in [-0.25, -0.2) is 4.98 Å². The number of nitrogens with one attached hydrogen (secondary N) is 1. The number of aliphatic hydroxyl groups is 1. The highest BCUT2D eigenvalue weighted by Gasteiger charge is 2.08. The highest BCUT2D eigenvalue weighted by atomic mass is 16.5. The molecule has 0 fully saturated rings. The third kappa shape index (κ3) is 3.01. The molecule has 0 aliphatic carbocycles. The van der Waals surface area contributed by atoms with Gasteiger partial charge in [0.25, 0.3) is 5.56 Å². The standard InChI is InChI=1S/C8H11N5O3.2H2O/c9-8-11-6-5(7(15)12-8)10-3-13(6)4-16-2-1-14;;/h3,14H,1-2,4H2,(H3,9,11,12,15);2*1H2. The molecule has 2 rings (SSSR count). The van der Waals surface area contributed by atoms with E-state index < -0.39 is 0 Å². The lowest BCUT2D eigenvalue weighted by Gasteiger charge is -2.03. The first-order valence-corrected chi connectivity index (χ1v) is 4.61. The number of hydrogen-bond acceptors (Lipinski definition) is 6. The second-order valence-electron chi connectivity index (χ2n) is 3.10. The van der Waals surface area contributed by atoms with Gasteiger partial charge in [-0.1, -0.05) is 0 Å². The molecule has 10 nitrogen and oxygen atoms in total. The molecule has 0 spiro atoms. The van der Waals surface area contributed by atoms with Crippen LogP contribution in [0.3, 0.4) is 0 Å². The number of aromatic amines is 1. The van der Waals surface area contributed by atoms with Crippen LogP contribution in [-0.2, 0) is 11.5 Å². The first-order chi connectivity index (χ1) is 7.72. The number of aromatic nitrogens is 4. The molecule has 0 unspecified atom stereocenters. The summed E-state index contributed by atoms with van der Waals surface area (Å²) in [6.45, 7) is 0.300. The molecule has 0 aromatic carbocycles. The fourth-order valence-corrected chi connectivity index (χ4v) is 1.29. The van der Waals surface area contributed by atoms with E-state index in [0.717, 1.165) is 0 Å². The Labute approximate surface area is 101 Å². The molecular formula is C8H15N5O5. The predicted molar refractivity (Wildman–Crippen MR) is 62.8 cm³/mol. The first kappa shape index (κ1) is 16.0. The van der Waals surface area contributed by atoms with Gasteiger partial charge >= 0.3 is 0 Å². The number of fused-ring (bicyclic) bond motifs is 1. The van der Waals surface area contributed by atoms with E-state index in [1.54, 1.807) is 0 Å². The molecule has 8 N–H and O–H groups in total. The van der Waals surface area contributed by atoms with Crippen LogP contribution in [0.25, 0.3) is 11.2 Å². The minimum absolute atomic E-state index is 0. The van der Waals surface area contributed by atoms with Crippen molar-refractivity contribution in [2.45, 2.75) is 6.73 Å². The van der Waals surface area contributed by atoms with Crippen molar-refractivity contribution in [3.05, 3.63) is 16.7 Å². The molecule has 0 bridgehead atoms.